The van der Waals surface area contributed by atoms with Gasteiger partial charge in [0.2, 0.25) is 0 Å². The first-order valence-electron chi connectivity index (χ1n) is 7.60. The van der Waals surface area contributed by atoms with Crippen molar-refractivity contribution in [3.05, 3.63) is 59.2 Å². The number of phenols is 1. The van der Waals surface area contributed by atoms with E-state index in [1.807, 2.05) is 18.2 Å². The number of rotatable bonds is 3. The molecule has 21 heavy (non-hydrogen) atoms. The van der Waals surface area contributed by atoms with E-state index in [9.17, 15) is 5.11 Å². The van der Waals surface area contributed by atoms with Crippen molar-refractivity contribution < 1.29 is 9.84 Å². The van der Waals surface area contributed by atoms with Crippen molar-refractivity contribution in [1.82, 2.24) is 5.32 Å². The van der Waals surface area contributed by atoms with Gasteiger partial charge in [0.1, 0.15) is 17.6 Å². The molecule has 0 saturated carbocycles. The summed E-state index contributed by atoms with van der Waals surface area (Å²) in [5.41, 5.74) is 3.64. The Morgan fingerprint density at radius 2 is 2.05 bits per heavy atom. The second-order valence-corrected chi connectivity index (χ2v) is 5.90. The average Bonchev–Trinajstić information content (AvgIpc) is 3.09. The highest BCUT2D eigenvalue weighted by Crippen LogP contribution is 2.36. The Hall–Kier alpha value is -2.00. The molecule has 0 amide bonds. The van der Waals surface area contributed by atoms with Crippen molar-refractivity contribution in [2.45, 2.75) is 31.4 Å². The molecule has 4 rings (SSSR count). The molecular formula is C18H19NO2. The van der Waals surface area contributed by atoms with E-state index in [0.29, 0.717) is 11.8 Å². The molecular weight excluding hydrogens is 262 g/mol. The van der Waals surface area contributed by atoms with E-state index in [2.05, 4.69) is 23.5 Å². The molecule has 0 radical (unpaired) electrons. The van der Waals surface area contributed by atoms with E-state index in [-0.39, 0.29) is 6.10 Å². The summed E-state index contributed by atoms with van der Waals surface area (Å²) in [6.07, 6.45) is 3.18. The van der Waals surface area contributed by atoms with E-state index >= 15 is 0 Å². The number of fused-ring (bicyclic) bond motifs is 2. The molecule has 2 aromatic carbocycles. The highest BCUT2D eigenvalue weighted by Gasteiger charge is 2.27. The summed E-state index contributed by atoms with van der Waals surface area (Å²) in [5, 5.41) is 13.5. The Bertz CT molecular complexity index is 643. The standard InChI is InChI=1S/C18H19NO2/c20-17-6-3-5-14-15(17)8-9-16(14)19-11-13-10-12-4-1-2-7-18(12)21-13/h1-7,13,16,19-20H,8-11H2. The van der Waals surface area contributed by atoms with Gasteiger partial charge >= 0.3 is 0 Å². The fraction of sp³-hybridized carbons (Fsp3) is 0.333. The number of phenolic OH excluding ortho intramolecular Hbond substituents is 1. The molecule has 108 valence electrons. The predicted octanol–water partition coefficient (Wildman–Crippen LogP) is 2.97. The van der Waals surface area contributed by atoms with Gasteiger partial charge < -0.3 is 15.2 Å². The molecule has 1 heterocycles. The molecule has 0 aromatic heterocycles. The number of hydrogen-bond acceptors (Lipinski definition) is 3. The van der Waals surface area contributed by atoms with E-state index in [1.165, 1.54) is 11.1 Å². The number of hydrogen-bond donors (Lipinski definition) is 2. The van der Waals surface area contributed by atoms with Crippen molar-refractivity contribution >= 4 is 0 Å². The molecule has 0 saturated heterocycles. The summed E-state index contributed by atoms with van der Waals surface area (Å²) < 4.78 is 5.97. The van der Waals surface area contributed by atoms with Crippen molar-refractivity contribution in [3.8, 4) is 11.5 Å². The van der Waals surface area contributed by atoms with E-state index in [4.69, 9.17) is 4.74 Å². The van der Waals surface area contributed by atoms with Gasteiger partial charge in [-0.2, -0.15) is 0 Å². The second-order valence-electron chi connectivity index (χ2n) is 5.90. The lowest BCUT2D eigenvalue weighted by atomic mass is 10.1. The maximum absolute atomic E-state index is 9.89. The first kappa shape index (κ1) is 12.7. The minimum Gasteiger partial charge on any atom is -0.508 e. The third-order valence-corrected chi connectivity index (χ3v) is 4.55. The van der Waals surface area contributed by atoms with Crippen LogP contribution < -0.4 is 10.1 Å². The van der Waals surface area contributed by atoms with Gasteiger partial charge in [-0.1, -0.05) is 30.3 Å². The molecule has 2 atom stereocenters. The summed E-state index contributed by atoms with van der Waals surface area (Å²) >= 11 is 0. The SMILES string of the molecule is Oc1cccc2c1CCC2NCC1Cc2ccccc2O1. The van der Waals surface area contributed by atoms with Crippen LogP contribution in [0.15, 0.2) is 42.5 Å². The van der Waals surface area contributed by atoms with Crippen LogP contribution in [0.4, 0.5) is 0 Å². The Kier molecular flexibility index (Phi) is 3.08. The fourth-order valence-corrected chi connectivity index (χ4v) is 3.49. The zero-order valence-electron chi connectivity index (χ0n) is 11.9. The van der Waals surface area contributed by atoms with Gasteiger partial charge in [-0.05, 0) is 41.7 Å². The number of aromatic hydroxyl groups is 1. The van der Waals surface area contributed by atoms with Gasteiger partial charge in [0.05, 0.1) is 0 Å². The molecule has 3 heteroatoms. The number of ether oxygens (including phenoxy) is 1. The molecule has 0 fully saturated rings. The molecule has 3 nitrogen and oxygen atoms in total. The third-order valence-electron chi connectivity index (χ3n) is 4.55. The van der Waals surface area contributed by atoms with Gasteiger partial charge in [0, 0.05) is 19.0 Å². The van der Waals surface area contributed by atoms with Crippen LogP contribution in [0, 0.1) is 0 Å². The quantitative estimate of drug-likeness (QED) is 0.909. The summed E-state index contributed by atoms with van der Waals surface area (Å²) in [6, 6.07) is 14.4. The maximum atomic E-state index is 9.89. The predicted molar refractivity (Wildman–Crippen MR) is 81.7 cm³/mol. The highest BCUT2D eigenvalue weighted by molar-refractivity contribution is 5.44. The number of benzene rings is 2. The minimum absolute atomic E-state index is 0.212. The van der Waals surface area contributed by atoms with Crippen molar-refractivity contribution in [1.29, 1.82) is 0 Å². The Morgan fingerprint density at radius 3 is 2.95 bits per heavy atom. The maximum Gasteiger partial charge on any atom is 0.123 e. The normalized spacial score (nSPS) is 22.7. The lowest BCUT2D eigenvalue weighted by molar-refractivity contribution is 0.221. The molecule has 2 aromatic rings. The van der Waals surface area contributed by atoms with E-state index in [0.717, 1.165) is 37.1 Å². The van der Waals surface area contributed by atoms with Gasteiger partial charge in [0.15, 0.2) is 0 Å². The Balaban J connectivity index is 1.41. The van der Waals surface area contributed by atoms with E-state index < -0.39 is 0 Å². The summed E-state index contributed by atoms with van der Waals surface area (Å²) in [6.45, 7) is 0.842. The number of nitrogens with one attached hydrogen (secondary N) is 1. The lowest BCUT2D eigenvalue weighted by Gasteiger charge is -2.17. The topological polar surface area (TPSA) is 41.5 Å². The van der Waals surface area contributed by atoms with Gasteiger partial charge in [0.25, 0.3) is 0 Å². The molecule has 2 N–H and O–H groups in total. The van der Waals surface area contributed by atoms with Crippen LogP contribution in [-0.2, 0) is 12.8 Å². The van der Waals surface area contributed by atoms with Crippen LogP contribution in [0.25, 0.3) is 0 Å². The van der Waals surface area contributed by atoms with Crippen molar-refractivity contribution in [2.75, 3.05) is 6.54 Å². The molecule has 0 spiro atoms. The van der Waals surface area contributed by atoms with Crippen LogP contribution >= 0.6 is 0 Å². The molecule has 2 aliphatic rings. The Labute approximate surface area is 124 Å². The first-order valence-corrected chi connectivity index (χ1v) is 7.60. The Morgan fingerprint density at radius 1 is 1.14 bits per heavy atom. The van der Waals surface area contributed by atoms with E-state index in [1.54, 1.807) is 6.07 Å². The minimum atomic E-state index is 0.212. The molecule has 1 aliphatic carbocycles. The van der Waals surface area contributed by atoms with Crippen LogP contribution in [0.1, 0.15) is 29.2 Å². The lowest BCUT2D eigenvalue weighted by Crippen LogP contribution is -2.32. The van der Waals surface area contributed by atoms with Gasteiger partial charge in [-0.15, -0.1) is 0 Å². The molecule has 0 bridgehead atoms. The smallest absolute Gasteiger partial charge is 0.123 e. The fourth-order valence-electron chi connectivity index (χ4n) is 3.49. The second kappa shape index (κ2) is 5.08. The third kappa shape index (κ3) is 2.28. The first-order chi connectivity index (χ1) is 10.3. The summed E-state index contributed by atoms with van der Waals surface area (Å²) in [4.78, 5) is 0. The van der Waals surface area contributed by atoms with Crippen molar-refractivity contribution in [3.63, 3.8) is 0 Å². The van der Waals surface area contributed by atoms with Crippen molar-refractivity contribution in [2.24, 2.45) is 0 Å². The van der Waals surface area contributed by atoms with Crippen LogP contribution in [-0.4, -0.2) is 17.8 Å². The largest absolute Gasteiger partial charge is 0.508 e. The monoisotopic (exact) mass is 281 g/mol. The molecule has 1 aliphatic heterocycles. The number of para-hydroxylation sites is 1. The average molecular weight is 281 g/mol. The van der Waals surface area contributed by atoms with Gasteiger partial charge in [-0.3, -0.25) is 0 Å². The zero-order valence-corrected chi connectivity index (χ0v) is 11.9. The molecule has 2 unspecified atom stereocenters. The summed E-state index contributed by atoms with van der Waals surface area (Å²) in [5.74, 6) is 1.45. The van der Waals surface area contributed by atoms with Crippen LogP contribution in [0.3, 0.4) is 0 Å². The van der Waals surface area contributed by atoms with Crippen LogP contribution in [0.5, 0.6) is 11.5 Å². The van der Waals surface area contributed by atoms with Gasteiger partial charge in [-0.25, -0.2) is 0 Å². The summed E-state index contributed by atoms with van der Waals surface area (Å²) in [7, 11) is 0. The highest BCUT2D eigenvalue weighted by atomic mass is 16.5. The zero-order chi connectivity index (χ0) is 14.2. The van der Waals surface area contributed by atoms with Crippen LogP contribution in [0.2, 0.25) is 0 Å².